The molecule has 0 saturated carbocycles. The van der Waals surface area contributed by atoms with Gasteiger partial charge in [0.1, 0.15) is 0 Å². The minimum absolute atomic E-state index is 0.0198. The minimum Gasteiger partial charge on any atom is -0.394 e. The fraction of sp³-hybridized carbons (Fsp3) is 0.956. The number of rotatable bonds is 64. The van der Waals surface area contributed by atoms with E-state index >= 15 is 0 Å². The quantitative estimate of drug-likeness (QED) is 0.0361. The Morgan fingerprint density at radius 1 is 0.342 bits per heavy atom. The van der Waals surface area contributed by atoms with Gasteiger partial charge >= 0.3 is 0 Å². The lowest BCUT2D eigenvalue weighted by Crippen LogP contribution is -2.45. The summed E-state index contributed by atoms with van der Waals surface area (Å²) in [4.78, 5) is 12.6. The molecule has 0 aliphatic heterocycles. The van der Waals surface area contributed by atoms with Crippen LogP contribution in [0.15, 0.2) is 12.2 Å². The normalized spacial score (nSPS) is 13.1. The Hall–Kier alpha value is -0.910. The van der Waals surface area contributed by atoms with Gasteiger partial charge in [0, 0.05) is 0 Å². The van der Waals surface area contributed by atoms with Crippen LogP contribution in [0.25, 0.3) is 0 Å². The van der Waals surface area contributed by atoms with E-state index in [4.69, 9.17) is 0 Å². The first kappa shape index (κ1) is 72.1. The summed E-state index contributed by atoms with van der Waals surface area (Å²) in [5, 5.41) is 33.6. The highest BCUT2D eigenvalue weighted by atomic mass is 16.3. The number of carbonyl (C=O) groups is 1. The smallest absolute Gasteiger partial charge is 0.222 e. The highest BCUT2D eigenvalue weighted by molar-refractivity contribution is 5.76. The van der Waals surface area contributed by atoms with Gasteiger partial charge < -0.3 is 20.6 Å². The molecule has 0 aromatic rings. The zero-order valence-corrected chi connectivity index (χ0v) is 50.1. The molecule has 0 rings (SSSR count). The van der Waals surface area contributed by atoms with E-state index in [9.17, 15) is 20.1 Å². The molecule has 0 aromatic heterocycles. The van der Waals surface area contributed by atoms with Gasteiger partial charge in [0.25, 0.3) is 0 Å². The Labute approximate surface area is 459 Å². The van der Waals surface area contributed by atoms with Crippen LogP contribution in [0.4, 0.5) is 0 Å². The van der Waals surface area contributed by atoms with Gasteiger partial charge in [0.05, 0.1) is 31.3 Å². The first-order valence-corrected chi connectivity index (χ1v) is 34.0. The predicted molar refractivity (Wildman–Crippen MR) is 324 cm³/mol. The molecule has 0 saturated heterocycles. The van der Waals surface area contributed by atoms with Crippen LogP contribution in [-0.2, 0) is 4.79 Å². The van der Waals surface area contributed by atoms with E-state index in [1.165, 1.54) is 340 Å². The second kappa shape index (κ2) is 63.6. The molecular weight excluding hydrogens is 895 g/mol. The molecule has 0 aromatic carbocycles. The molecular formula is C68H135NO4. The van der Waals surface area contributed by atoms with Crippen molar-refractivity contribution in [3.8, 4) is 0 Å². The van der Waals surface area contributed by atoms with E-state index in [-0.39, 0.29) is 18.9 Å². The van der Waals surface area contributed by atoms with Gasteiger partial charge in [-0.3, -0.25) is 4.79 Å². The van der Waals surface area contributed by atoms with E-state index in [0.29, 0.717) is 6.42 Å². The molecule has 0 heterocycles. The number of aliphatic hydroxyl groups excluding tert-OH is 3. The Bertz CT molecular complexity index is 1050. The Morgan fingerprint density at radius 3 is 0.795 bits per heavy atom. The van der Waals surface area contributed by atoms with E-state index in [1.807, 2.05) is 6.08 Å². The molecule has 73 heavy (non-hydrogen) atoms. The highest BCUT2D eigenvalue weighted by Gasteiger charge is 2.20. The van der Waals surface area contributed by atoms with Crippen LogP contribution >= 0.6 is 0 Å². The summed E-state index contributed by atoms with van der Waals surface area (Å²) < 4.78 is 0. The first-order chi connectivity index (χ1) is 36.0. The van der Waals surface area contributed by atoms with Crippen molar-refractivity contribution >= 4 is 5.91 Å². The third-order valence-electron chi connectivity index (χ3n) is 16.3. The van der Waals surface area contributed by atoms with E-state index in [2.05, 4.69) is 19.2 Å². The lowest BCUT2D eigenvalue weighted by atomic mass is 10.0. The number of hydrogen-bond donors (Lipinski definition) is 4. The van der Waals surface area contributed by atoms with Crippen molar-refractivity contribution in [1.82, 2.24) is 5.32 Å². The average molecular weight is 1030 g/mol. The first-order valence-electron chi connectivity index (χ1n) is 34.0. The summed E-state index contributed by atoms with van der Waals surface area (Å²) in [6.45, 7) is 4.27. The maximum Gasteiger partial charge on any atom is 0.222 e. The molecule has 4 N–H and O–H groups in total. The molecule has 1 amide bonds. The van der Waals surface area contributed by atoms with Gasteiger partial charge in [0.15, 0.2) is 0 Å². The number of unbranched alkanes of at least 4 members (excludes halogenated alkanes) is 55. The number of nitrogens with one attached hydrogen (secondary N) is 1. The van der Waals surface area contributed by atoms with Crippen molar-refractivity contribution < 1.29 is 20.1 Å². The molecule has 3 atom stereocenters. The van der Waals surface area contributed by atoms with Crippen LogP contribution in [0, 0.1) is 0 Å². The Morgan fingerprint density at radius 2 is 0.562 bits per heavy atom. The van der Waals surface area contributed by atoms with Crippen LogP contribution in [0.3, 0.4) is 0 Å². The van der Waals surface area contributed by atoms with Crippen molar-refractivity contribution in [3.63, 3.8) is 0 Å². The topological polar surface area (TPSA) is 89.8 Å². The lowest BCUT2D eigenvalue weighted by Gasteiger charge is -2.21. The summed E-state index contributed by atoms with van der Waals surface area (Å²) in [5.74, 6) is -0.306. The molecule has 0 radical (unpaired) electrons. The second-order valence-electron chi connectivity index (χ2n) is 23.8. The van der Waals surface area contributed by atoms with Crippen LogP contribution in [0.1, 0.15) is 393 Å². The van der Waals surface area contributed by atoms with Crippen molar-refractivity contribution in [2.24, 2.45) is 0 Å². The van der Waals surface area contributed by atoms with E-state index < -0.39 is 18.2 Å². The molecule has 0 aliphatic rings. The van der Waals surface area contributed by atoms with Gasteiger partial charge in [0.2, 0.25) is 5.91 Å². The lowest BCUT2D eigenvalue weighted by molar-refractivity contribution is -0.124. The molecule has 0 spiro atoms. The zero-order chi connectivity index (χ0) is 52.9. The fourth-order valence-electron chi connectivity index (χ4n) is 11.2. The number of hydrogen-bond acceptors (Lipinski definition) is 4. The maximum absolute atomic E-state index is 12.6. The molecule has 0 bridgehead atoms. The van der Waals surface area contributed by atoms with Gasteiger partial charge in [-0.25, -0.2) is 0 Å². The standard InChI is InChI=1S/C68H135NO4/c1-3-5-7-9-11-13-15-17-19-21-23-25-26-27-28-29-30-31-32-33-34-35-36-37-38-39-40-42-43-45-47-49-51-53-55-57-59-61-65(71)63-68(73)69-66(64-70)67(72)62-60-58-56-54-52-50-48-46-44-41-24-22-20-18-16-14-12-10-8-6-4-2/h60,62,65-67,70-72H,3-59,61,63-64H2,1-2H3,(H,69,73)/b62-60+. The summed E-state index contributed by atoms with van der Waals surface area (Å²) in [7, 11) is 0. The van der Waals surface area contributed by atoms with Crippen molar-refractivity contribution in [3.05, 3.63) is 12.2 Å². The van der Waals surface area contributed by atoms with Crippen LogP contribution in [-0.4, -0.2) is 46.1 Å². The largest absolute Gasteiger partial charge is 0.394 e. The average Bonchev–Trinajstić information content (AvgIpc) is 3.39. The molecule has 5 nitrogen and oxygen atoms in total. The third kappa shape index (κ3) is 60.2. The monoisotopic (exact) mass is 1030 g/mol. The number of amides is 1. The summed E-state index contributed by atoms with van der Waals surface area (Å²) in [5.41, 5.74) is 0. The Kier molecular flexibility index (Phi) is 62.8. The third-order valence-corrected chi connectivity index (χ3v) is 16.3. The van der Waals surface area contributed by atoms with Crippen LogP contribution in [0.2, 0.25) is 0 Å². The number of aliphatic hydroxyl groups is 3. The van der Waals surface area contributed by atoms with Crippen molar-refractivity contribution in [2.75, 3.05) is 6.61 Å². The molecule has 5 heteroatoms. The minimum atomic E-state index is -0.927. The van der Waals surface area contributed by atoms with E-state index in [0.717, 1.165) is 25.7 Å². The number of allylic oxidation sites excluding steroid dienone is 1. The summed E-state index contributed by atoms with van der Waals surface area (Å²) >= 11 is 0. The highest BCUT2D eigenvalue weighted by Crippen LogP contribution is 2.20. The SMILES string of the molecule is CCCCCCCCCCCCCCCCCCCCC/C=C/C(O)C(CO)NC(=O)CC(O)CCCCCCCCCCCCCCCCCCCCCCCCCCCCCCCCCCCCCCC. The predicted octanol–water partition coefficient (Wildman–Crippen LogP) is 21.8. The van der Waals surface area contributed by atoms with Crippen LogP contribution in [0.5, 0.6) is 0 Å². The number of carbonyl (C=O) groups excluding carboxylic acids is 1. The van der Waals surface area contributed by atoms with Gasteiger partial charge in [-0.05, 0) is 19.3 Å². The van der Waals surface area contributed by atoms with Crippen LogP contribution < -0.4 is 5.32 Å². The van der Waals surface area contributed by atoms with Gasteiger partial charge in [-0.1, -0.05) is 379 Å². The zero-order valence-electron chi connectivity index (χ0n) is 50.1. The summed E-state index contributed by atoms with van der Waals surface area (Å²) in [6, 6.07) is -0.742. The fourth-order valence-corrected chi connectivity index (χ4v) is 11.2. The van der Waals surface area contributed by atoms with Crippen molar-refractivity contribution in [2.45, 2.75) is 411 Å². The molecule has 0 fully saturated rings. The summed E-state index contributed by atoms with van der Waals surface area (Å²) in [6.07, 6.45) is 81.8. The Balaban J connectivity index is 3.43. The maximum atomic E-state index is 12.6. The van der Waals surface area contributed by atoms with Gasteiger partial charge in [-0.2, -0.15) is 0 Å². The second-order valence-corrected chi connectivity index (χ2v) is 23.8. The van der Waals surface area contributed by atoms with E-state index in [1.54, 1.807) is 6.08 Å². The van der Waals surface area contributed by atoms with Gasteiger partial charge in [-0.15, -0.1) is 0 Å². The molecule has 0 aliphatic carbocycles. The van der Waals surface area contributed by atoms with Crippen molar-refractivity contribution in [1.29, 1.82) is 0 Å². The molecule has 3 unspecified atom stereocenters. The molecule has 436 valence electrons.